The van der Waals surface area contributed by atoms with Crippen molar-refractivity contribution in [2.45, 2.75) is 13.3 Å². The van der Waals surface area contributed by atoms with E-state index in [1.165, 1.54) is 10.4 Å². The molecule has 2 aromatic rings. The number of fused-ring (bicyclic) bond motifs is 1. The Bertz CT molecular complexity index is 659. The zero-order valence-electron chi connectivity index (χ0n) is 10.0. The maximum atomic E-state index is 9.99. The summed E-state index contributed by atoms with van der Waals surface area (Å²) in [5, 5.41) is 18.7. The van der Waals surface area contributed by atoms with Gasteiger partial charge in [-0.2, -0.15) is 0 Å². The monoisotopic (exact) mass is 239 g/mol. The van der Waals surface area contributed by atoms with Crippen molar-refractivity contribution in [3.8, 4) is 0 Å². The van der Waals surface area contributed by atoms with Gasteiger partial charge in [-0.25, -0.2) is 0 Å². The highest BCUT2D eigenvalue weighted by atomic mass is 16.3. The number of aliphatic hydroxyl groups excluding tert-OH is 1. The topological polar surface area (TPSA) is 50.9 Å². The SMILES string of the molecule is CC1=CC=C(O)C(n2nc3ccccc3n2)=CC1. The van der Waals surface area contributed by atoms with Crippen molar-refractivity contribution >= 4 is 16.7 Å². The molecule has 4 heteroatoms. The molecular formula is C14H13N3O. The molecule has 1 heterocycles. The fourth-order valence-corrected chi connectivity index (χ4v) is 1.89. The highest BCUT2D eigenvalue weighted by Gasteiger charge is 2.11. The largest absolute Gasteiger partial charge is 0.506 e. The standard InChI is InChI=1S/C14H13N3O/c1-10-6-8-13(14(18)9-7-10)17-15-11-4-2-3-5-12(11)16-17/h2-5,7-9,18H,6H2,1H3. The minimum Gasteiger partial charge on any atom is -0.506 e. The van der Waals surface area contributed by atoms with Crippen molar-refractivity contribution in [1.82, 2.24) is 15.0 Å². The molecule has 0 saturated carbocycles. The van der Waals surface area contributed by atoms with E-state index in [-0.39, 0.29) is 5.76 Å². The molecule has 1 N–H and O–H groups in total. The quantitative estimate of drug-likeness (QED) is 0.832. The molecule has 0 saturated heterocycles. The summed E-state index contributed by atoms with van der Waals surface area (Å²) in [5.41, 5.74) is 3.45. The van der Waals surface area contributed by atoms with Crippen LogP contribution < -0.4 is 0 Å². The first-order chi connectivity index (χ1) is 8.74. The van der Waals surface area contributed by atoms with Gasteiger partial charge in [-0.1, -0.05) is 23.8 Å². The van der Waals surface area contributed by atoms with Crippen LogP contribution >= 0.6 is 0 Å². The Balaban J connectivity index is 2.09. The van der Waals surface area contributed by atoms with Crippen molar-refractivity contribution in [3.63, 3.8) is 0 Å². The summed E-state index contributed by atoms with van der Waals surface area (Å²) in [6.45, 7) is 2.02. The van der Waals surface area contributed by atoms with Crippen molar-refractivity contribution in [2.24, 2.45) is 0 Å². The fraction of sp³-hybridized carbons (Fsp3) is 0.143. The van der Waals surface area contributed by atoms with E-state index in [0.29, 0.717) is 5.70 Å². The van der Waals surface area contributed by atoms with Crippen LogP contribution in [0.2, 0.25) is 0 Å². The number of allylic oxidation sites excluding steroid dienone is 5. The van der Waals surface area contributed by atoms with Crippen LogP contribution in [0.15, 0.2) is 53.8 Å². The summed E-state index contributed by atoms with van der Waals surface area (Å²) in [5.74, 6) is 0.187. The summed E-state index contributed by atoms with van der Waals surface area (Å²) in [6.07, 6.45) is 6.31. The molecule has 1 aromatic heterocycles. The van der Waals surface area contributed by atoms with E-state index in [2.05, 4.69) is 10.2 Å². The molecule has 90 valence electrons. The predicted molar refractivity (Wildman–Crippen MR) is 70.9 cm³/mol. The van der Waals surface area contributed by atoms with E-state index < -0.39 is 0 Å². The van der Waals surface area contributed by atoms with Gasteiger partial charge in [0, 0.05) is 0 Å². The van der Waals surface area contributed by atoms with Crippen molar-refractivity contribution in [1.29, 1.82) is 0 Å². The van der Waals surface area contributed by atoms with E-state index in [1.807, 2.05) is 43.3 Å². The molecule has 0 unspecified atom stereocenters. The highest BCUT2D eigenvalue weighted by Crippen LogP contribution is 2.20. The molecule has 0 bridgehead atoms. The molecule has 0 atom stereocenters. The maximum absolute atomic E-state index is 9.99. The number of benzene rings is 1. The van der Waals surface area contributed by atoms with Crippen molar-refractivity contribution in [3.05, 3.63) is 53.8 Å². The molecule has 1 aliphatic rings. The van der Waals surface area contributed by atoms with Crippen LogP contribution in [0, 0.1) is 0 Å². The maximum Gasteiger partial charge on any atom is 0.142 e. The van der Waals surface area contributed by atoms with Gasteiger partial charge in [0.05, 0.1) is 0 Å². The number of rotatable bonds is 1. The van der Waals surface area contributed by atoms with Crippen LogP contribution in [0.3, 0.4) is 0 Å². The van der Waals surface area contributed by atoms with Crippen LogP contribution in [0.4, 0.5) is 0 Å². The summed E-state index contributed by atoms with van der Waals surface area (Å²) >= 11 is 0. The zero-order valence-corrected chi connectivity index (χ0v) is 10.0. The van der Waals surface area contributed by atoms with E-state index in [1.54, 1.807) is 6.08 Å². The summed E-state index contributed by atoms with van der Waals surface area (Å²) in [6, 6.07) is 7.65. The molecule has 1 aromatic carbocycles. The van der Waals surface area contributed by atoms with Gasteiger partial charge in [-0.3, -0.25) is 0 Å². The minimum atomic E-state index is 0.187. The van der Waals surface area contributed by atoms with Crippen LogP contribution in [0.25, 0.3) is 16.7 Å². The van der Waals surface area contributed by atoms with Gasteiger partial charge in [0.2, 0.25) is 0 Å². The van der Waals surface area contributed by atoms with E-state index >= 15 is 0 Å². The lowest BCUT2D eigenvalue weighted by Crippen LogP contribution is -2.03. The fourth-order valence-electron chi connectivity index (χ4n) is 1.89. The van der Waals surface area contributed by atoms with Gasteiger partial charge in [-0.15, -0.1) is 15.0 Å². The van der Waals surface area contributed by atoms with Crippen LogP contribution in [0.5, 0.6) is 0 Å². The second-order valence-corrected chi connectivity index (χ2v) is 4.34. The predicted octanol–water partition coefficient (Wildman–Crippen LogP) is 3.06. The first-order valence-corrected chi connectivity index (χ1v) is 5.83. The lowest BCUT2D eigenvalue weighted by atomic mass is 10.2. The Morgan fingerprint density at radius 1 is 1.11 bits per heavy atom. The summed E-state index contributed by atoms with van der Waals surface area (Å²) in [7, 11) is 0. The van der Waals surface area contributed by atoms with Crippen LogP contribution in [-0.4, -0.2) is 20.1 Å². The average Bonchev–Trinajstić information content (AvgIpc) is 2.72. The lowest BCUT2D eigenvalue weighted by molar-refractivity contribution is 0.428. The Hall–Kier alpha value is -2.36. The van der Waals surface area contributed by atoms with E-state index in [4.69, 9.17) is 0 Å². The van der Waals surface area contributed by atoms with Crippen molar-refractivity contribution < 1.29 is 5.11 Å². The number of hydrogen-bond donors (Lipinski definition) is 1. The number of hydrogen-bond acceptors (Lipinski definition) is 3. The van der Waals surface area contributed by atoms with Crippen LogP contribution in [-0.2, 0) is 0 Å². The third kappa shape index (κ3) is 1.82. The van der Waals surface area contributed by atoms with E-state index in [0.717, 1.165) is 17.5 Å². The van der Waals surface area contributed by atoms with Gasteiger partial charge in [0.25, 0.3) is 0 Å². The van der Waals surface area contributed by atoms with Gasteiger partial charge in [0.15, 0.2) is 0 Å². The second-order valence-electron chi connectivity index (χ2n) is 4.34. The van der Waals surface area contributed by atoms with E-state index in [9.17, 15) is 5.11 Å². The Labute approximate surface area is 105 Å². The van der Waals surface area contributed by atoms with Crippen LogP contribution in [0.1, 0.15) is 13.3 Å². The lowest BCUT2D eigenvalue weighted by Gasteiger charge is -2.03. The first kappa shape index (κ1) is 10.8. The smallest absolute Gasteiger partial charge is 0.142 e. The number of aliphatic hydroxyl groups is 1. The van der Waals surface area contributed by atoms with Gasteiger partial charge < -0.3 is 5.11 Å². The Kier molecular flexibility index (Phi) is 2.48. The second kappa shape index (κ2) is 4.14. The molecule has 0 aliphatic heterocycles. The average molecular weight is 239 g/mol. The Morgan fingerprint density at radius 3 is 2.44 bits per heavy atom. The summed E-state index contributed by atoms with van der Waals surface area (Å²) < 4.78 is 0. The molecule has 4 nitrogen and oxygen atoms in total. The molecule has 1 aliphatic carbocycles. The highest BCUT2D eigenvalue weighted by molar-refractivity contribution is 5.75. The van der Waals surface area contributed by atoms with Gasteiger partial charge >= 0.3 is 0 Å². The minimum absolute atomic E-state index is 0.187. The number of nitrogens with zero attached hydrogens (tertiary/aromatic N) is 3. The summed E-state index contributed by atoms with van der Waals surface area (Å²) in [4.78, 5) is 1.49. The van der Waals surface area contributed by atoms with Gasteiger partial charge in [0.1, 0.15) is 22.5 Å². The normalized spacial score (nSPS) is 15.9. The molecular weight excluding hydrogens is 226 g/mol. The van der Waals surface area contributed by atoms with Crippen molar-refractivity contribution in [2.75, 3.05) is 0 Å². The number of aromatic nitrogens is 3. The Morgan fingerprint density at radius 2 is 1.78 bits per heavy atom. The third-order valence-electron chi connectivity index (χ3n) is 2.91. The first-order valence-electron chi connectivity index (χ1n) is 5.83. The molecule has 18 heavy (non-hydrogen) atoms. The molecule has 0 spiro atoms. The molecule has 0 amide bonds. The molecule has 3 rings (SSSR count). The third-order valence-corrected chi connectivity index (χ3v) is 2.91. The van der Waals surface area contributed by atoms with Gasteiger partial charge in [-0.05, 0) is 37.6 Å². The molecule has 0 fully saturated rings. The zero-order chi connectivity index (χ0) is 12.5. The molecule has 0 radical (unpaired) electrons.